The molecule has 12 heteroatoms. The predicted molar refractivity (Wildman–Crippen MR) is 138 cm³/mol. The number of hydrogen-bond donors (Lipinski definition) is 3. The second-order valence-corrected chi connectivity index (χ2v) is 9.24. The van der Waals surface area contributed by atoms with Crippen LogP contribution < -0.4 is 25.5 Å². The molecule has 3 rings (SSSR count). The number of halogens is 3. The highest BCUT2D eigenvalue weighted by Crippen LogP contribution is 2.34. The number of hydrogen-bond acceptors (Lipinski definition) is 6. The van der Waals surface area contributed by atoms with Gasteiger partial charge in [-0.2, -0.15) is 5.10 Å². The minimum atomic E-state index is -0.838. The summed E-state index contributed by atoms with van der Waals surface area (Å²) in [6.07, 6.45) is 3.14. The SMILES string of the molecule is CCOc1cc(/C=N\NC(=O)C(=O)NC2CC2)cc(I)c1OCC(=O)Nc1cc(Cl)cc(Cl)c1. The Balaban J connectivity index is 1.62. The van der Waals surface area contributed by atoms with Crippen LogP contribution in [0, 0.1) is 3.57 Å². The average Bonchev–Trinajstić information content (AvgIpc) is 3.56. The van der Waals surface area contributed by atoms with E-state index in [1.165, 1.54) is 6.21 Å². The maximum Gasteiger partial charge on any atom is 0.329 e. The fourth-order valence-electron chi connectivity index (χ4n) is 2.72. The van der Waals surface area contributed by atoms with Crippen molar-refractivity contribution in [1.82, 2.24) is 10.7 Å². The number of carbonyl (C=O) groups excluding carboxylic acids is 3. The number of nitrogens with zero attached hydrogens (tertiary/aromatic N) is 1. The first-order chi connectivity index (χ1) is 16.2. The van der Waals surface area contributed by atoms with E-state index in [0.29, 0.717) is 43.0 Å². The molecule has 0 bridgehead atoms. The largest absolute Gasteiger partial charge is 0.490 e. The molecule has 0 radical (unpaired) electrons. The number of hydrazone groups is 1. The quantitative estimate of drug-likeness (QED) is 0.171. The number of anilines is 1. The van der Waals surface area contributed by atoms with E-state index in [2.05, 4.69) is 21.2 Å². The molecule has 180 valence electrons. The van der Waals surface area contributed by atoms with Crippen molar-refractivity contribution in [3.8, 4) is 11.5 Å². The second kappa shape index (κ2) is 12.2. The predicted octanol–water partition coefficient (Wildman–Crippen LogP) is 3.74. The Hall–Kier alpha value is -2.57. The first kappa shape index (κ1) is 26.0. The summed E-state index contributed by atoms with van der Waals surface area (Å²) in [6, 6.07) is 8.16. The zero-order chi connectivity index (χ0) is 24.7. The monoisotopic (exact) mass is 618 g/mol. The molecule has 3 N–H and O–H groups in total. The van der Waals surface area contributed by atoms with Crippen LogP contribution in [-0.2, 0) is 14.4 Å². The third kappa shape index (κ3) is 8.03. The van der Waals surface area contributed by atoms with E-state index in [0.717, 1.165) is 12.8 Å². The van der Waals surface area contributed by atoms with Crippen molar-refractivity contribution in [3.63, 3.8) is 0 Å². The molecular formula is C22H21Cl2IN4O5. The molecular weight excluding hydrogens is 598 g/mol. The van der Waals surface area contributed by atoms with Gasteiger partial charge in [-0.25, -0.2) is 5.43 Å². The van der Waals surface area contributed by atoms with Gasteiger partial charge in [0.05, 0.1) is 16.4 Å². The summed E-state index contributed by atoms with van der Waals surface area (Å²) in [7, 11) is 0. The third-order valence-electron chi connectivity index (χ3n) is 4.32. The molecule has 0 atom stereocenters. The molecule has 0 aliphatic heterocycles. The molecule has 0 unspecified atom stereocenters. The smallest absolute Gasteiger partial charge is 0.329 e. The number of ether oxygens (including phenoxy) is 2. The maximum atomic E-state index is 12.3. The molecule has 0 aromatic heterocycles. The van der Waals surface area contributed by atoms with Gasteiger partial charge in [-0.05, 0) is 78.3 Å². The fraction of sp³-hybridized carbons (Fsp3) is 0.273. The average molecular weight is 619 g/mol. The molecule has 1 aliphatic rings. The number of rotatable bonds is 9. The molecule has 34 heavy (non-hydrogen) atoms. The van der Waals surface area contributed by atoms with Crippen molar-refractivity contribution in [2.24, 2.45) is 5.10 Å². The van der Waals surface area contributed by atoms with E-state index in [-0.39, 0.29) is 12.6 Å². The fourth-order valence-corrected chi connectivity index (χ4v) is 4.03. The molecule has 1 aliphatic carbocycles. The van der Waals surface area contributed by atoms with Crippen LogP contribution in [0.2, 0.25) is 10.0 Å². The molecule has 0 spiro atoms. The molecule has 0 heterocycles. The topological polar surface area (TPSA) is 118 Å². The van der Waals surface area contributed by atoms with Crippen LogP contribution in [0.15, 0.2) is 35.4 Å². The lowest BCUT2D eigenvalue weighted by molar-refractivity contribution is -0.139. The summed E-state index contributed by atoms with van der Waals surface area (Å²) in [5, 5.41) is 9.87. The number of amides is 3. The van der Waals surface area contributed by atoms with E-state index >= 15 is 0 Å². The Morgan fingerprint density at radius 1 is 1.09 bits per heavy atom. The zero-order valence-electron chi connectivity index (χ0n) is 18.0. The van der Waals surface area contributed by atoms with Crippen LogP contribution in [0.3, 0.4) is 0 Å². The Morgan fingerprint density at radius 3 is 2.44 bits per heavy atom. The van der Waals surface area contributed by atoms with E-state index in [1.807, 2.05) is 29.5 Å². The van der Waals surface area contributed by atoms with Gasteiger partial charge in [0.2, 0.25) is 0 Å². The van der Waals surface area contributed by atoms with Crippen LogP contribution >= 0.6 is 45.8 Å². The molecule has 1 saturated carbocycles. The van der Waals surface area contributed by atoms with Gasteiger partial charge < -0.3 is 20.1 Å². The number of benzene rings is 2. The molecule has 9 nitrogen and oxygen atoms in total. The highest BCUT2D eigenvalue weighted by molar-refractivity contribution is 14.1. The normalized spacial score (nSPS) is 12.8. The van der Waals surface area contributed by atoms with Crippen molar-refractivity contribution >= 4 is 75.4 Å². The lowest BCUT2D eigenvalue weighted by Crippen LogP contribution is -2.38. The summed E-state index contributed by atoms with van der Waals surface area (Å²) in [5.41, 5.74) is 3.24. The van der Waals surface area contributed by atoms with Gasteiger partial charge in [-0.1, -0.05) is 23.2 Å². The van der Waals surface area contributed by atoms with Gasteiger partial charge in [0.25, 0.3) is 5.91 Å². The molecule has 3 amide bonds. The van der Waals surface area contributed by atoms with Crippen molar-refractivity contribution in [2.75, 3.05) is 18.5 Å². The Kier molecular flexibility index (Phi) is 9.36. The molecule has 1 fully saturated rings. The maximum absolute atomic E-state index is 12.3. The number of nitrogens with one attached hydrogen (secondary N) is 3. The standard InChI is InChI=1S/C22H21Cl2IN4O5/c1-2-33-18-6-12(10-26-29-22(32)21(31)28-15-3-4-15)5-17(25)20(18)34-11-19(30)27-16-8-13(23)7-14(24)9-16/h5-10,15H,2-4,11H2,1H3,(H,27,30)(H,28,31)(H,29,32)/b26-10-. The first-order valence-corrected chi connectivity index (χ1v) is 12.1. The van der Waals surface area contributed by atoms with Gasteiger partial charge in [-0.15, -0.1) is 0 Å². The van der Waals surface area contributed by atoms with Crippen molar-refractivity contribution < 1.29 is 23.9 Å². The molecule has 2 aromatic rings. The minimum Gasteiger partial charge on any atom is -0.490 e. The van der Waals surface area contributed by atoms with Gasteiger partial charge in [0.1, 0.15) is 0 Å². The van der Waals surface area contributed by atoms with E-state index in [4.69, 9.17) is 32.7 Å². The van der Waals surface area contributed by atoms with Gasteiger partial charge in [0, 0.05) is 21.8 Å². The van der Waals surface area contributed by atoms with Gasteiger partial charge in [-0.3, -0.25) is 14.4 Å². The summed E-state index contributed by atoms with van der Waals surface area (Å²) in [5.74, 6) is -1.19. The Bertz CT molecular complexity index is 1100. The summed E-state index contributed by atoms with van der Waals surface area (Å²) in [4.78, 5) is 35.8. The lowest BCUT2D eigenvalue weighted by Gasteiger charge is -2.14. The van der Waals surface area contributed by atoms with Gasteiger partial charge >= 0.3 is 11.8 Å². The van der Waals surface area contributed by atoms with Gasteiger partial charge in [0.15, 0.2) is 18.1 Å². The van der Waals surface area contributed by atoms with E-state index < -0.39 is 17.7 Å². The summed E-state index contributed by atoms with van der Waals surface area (Å²) >= 11 is 13.9. The zero-order valence-corrected chi connectivity index (χ0v) is 21.7. The highest BCUT2D eigenvalue weighted by atomic mass is 127. The lowest BCUT2D eigenvalue weighted by atomic mass is 10.2. The van der Waals surface area contributed by atoms with Crippen LogP contribution in [0.25, 0.3) is 0 Å². The van der Waals surface area contributed by atoms with Crippen molar-refractivity contribution in [1.29, 1.82) is 0 Å². The highest BCUT2D eigenvalue weighted by Gasteiger charge is 2.26. The summed E-state index contributed by atoms with van der Waals surface area (Å²) < 4.78 is 12.0. The first-order valence-electron chi connectivity index (χ1n) is 10.2. The van der Waals surface area contributed by atoms with Crippen LogP contribution in [-0.4, -0.2) is 43.2 Å². The minimum absolute atomic E-state index is 0.0791. The Labute approximate surface area is 219 Å². The van der Waals surface area contributed by atoms with E-state index in [1.54, 1.807) is 30.3 Å². The van der Waals surface area contributed by atoms with Crippen LogP contribution in [0.4, 0.5) is 5.69 Å². The van der Waals surface area contributed by atoms with E-state index in [9.17, 15) is 14.4 Å². The van der Waals surface area contributed by atoms with Crippen molar-refractivity contribution in [3.05, 3.63) is 49.5 Å². The third-order valence-corrected chi connectivity index (χ3v) is 5.56. The molecule has 0 saturated heterocycles. The second-order valence-electron chi connectivity index (χ2n) is 7.20. The van der Waals surface area contributed by atoms with Crippen LogP contribution in [0.5, 0.6) is 11.5 Å². The van der Waals surface area contributed by atoms with Crippen LogP contribution in [0.1, 0.15) is 25.3 Å². The molecule has 2 aromatic carbocycles. The summed E-state index contributed by atoms with van der Waals surface area (Å²) in [6.45, 7) is 1.89. The Morgan fingerprint density at radius 2 is 1.79 bits per heavy atom. The number of carbonyl (C=O) groups is 3. The van der Waals surface area contributed by atoms with Crippen molar-refractivity contribution in [2.45, 2.75) is 25.8 Å².